The molecule has 1 atom stereocenters. The fourth-order valence-electron chi connectivity index (χ4n) is 2.28. The molecular weight excluding hydrogens is 218 g/mol. The first-order valence-corrected chi connectivity index (χ1v) is 6.94. The van der Waals surface area contributed by atoms with Gasteiger partial charge in [0.05, 0.1) is 0 Å². The molecule has 1 aliphatic carbocycles. The average Bonchev–Trinajstić information content (AvgIpc) is 2.78. The topological polar surface area (TPSA) is 42.1 Å². The van der Waals surface area contributed by atoms with Crippen molar-refractivity contribution < 1.29 is 0 Å². The maximum Gasteiger partial charge on any atom is 0.185 e. The second kappa shape index (κ2) is 5.15. The van der Waals surface area contributed by atoms with Crippen LogP contribution in [-0.2, 0) is 0 Å². The molecule has 1 heterocycles. The van der Waals surface area contributed by atoms with E-state index >= 15 is 0 Å². The monoisotopic (exact) mass is 239 g/mol. The quantitative estimate of drug-likeness (QED) is 0.882. The van der Waals surface area contributed by atoms with Crippen molar-refractivity contribution in [3.63, 3.8) is 0 Å². The molecule has 90 valence electrons. The molecule has 1 aromatic rings. The Morgan fingerprint density at radius 1 is 1.44 bits per heavy atom. The van der Waals surface area contributed by atoms with Crippen LogP contribution in [0.1, 0.15) is 49.9 Å². The third-order valence-electron chi connectivity index (χ3n) is 3.38. The highest BCUT2D eigenvalue weighted by Gasteiger charge is 2.20. The molecular formula is C12H21N3S. The summed E-state index contributed by atoms with van der Waals surface area (Å²) in [5.74, 6) is 0. The summed E-state index contributed by atoms with van der Waals surface area (Å²) < 4.78 is 0. The van der Waals surface area contributed by atoms with Crippen molar-refractivity contribution >= 4 is 16.5 Å². The molecule has 2 N–H and O–H groups in total. The Balaban J connectivity index is 2.04. The SMILES string of the molecule is CC(N)c1cnc(N(C)C2CCCCC2)s1. The van der Waals surface area contributed by atoms with E-state index in [1.165, 1.54) is 37.0 Å². The summed E-state index contributed by atoms with van der Waals surface area (Å²) in [6.07, 6.45) is 8.66. The van der Waals surface area contributed by atoms with E-state index in [2.05, 4.69) is 16.9 Å². The molecule has 4 heteroatoms. The number of aromatic nitrogens is 1. The number of anilines is 1. The van der Waals surface area contributed by atoms with Crippen molar-refractivity contribution in [1.82, 2.24) is 4.98 Å². The molecule has 0 aromatic carbocycles. The molecule has 1 aromatic heterocycles. The standard InChI is InChI=1S/C12H21N3S/c1-9(13)11-8-14-12(16-11)15(2)10-6-4-3-5-7-10/h8-10H,3-7,13H2,1-2H3. The van der Waals surface area contributed by atoms with E-state index < -0.39 is 0 Å². The van der Waals surface area contributed by atoms with Crippen molar-refractivity contribution in [3.05, 3.63) is 11.1 Å². The highest BCUT2D eigenvalue weighted by molar-refractivity contribution is 7.15. The van der Waals surface area contributed by atoms with E-state index in [1.54, 1.807) is 11.3 Å². The van der Waals surface area contributed by atoms with Gasteiger partial charge in [-0.1, -0.05) is 19.3 Å². The van der Waals surface area contributed by atoms with Gasteiger partial charge < -0.3 is 10.6 Å². The Morgan fingerprint density at radius 2 is 2.12 bits per heavy atom. The Bertz CT molecular complexity index is 329. The van der Waals surface area contributed by atoms with Gasteiger partial charge in [-0.15, -0.1) is 11.3 Å². The molecule has 1 fully saturated rings. The Labute approximate surface area is 102 Å². The summed E-state index contributed by atoms with van der Waals surface area (Å²) in [6.45, 7) is 2.01. The molecule has 1 unspecified atom stereocenters. The van der Waals surface area contributed by atoms with Crippen molar-refractivity contribution in [1.29, 1.82) is 0 Å². The fourth-order valence-corrected chi connectivity index (χ4v) is 3.18. The van der Waals surface area contributed by atoms with Crippen LogP contribution in [0.15, 0.2) is 6.20 Å². The molecule has 0 radical (unpaired) electrons. The summed E-state index contributed by atoms with van der Waals surface area (Å²) in [5, 5.41) is 1.12. The Hall–Kier alpha value is -0.610. The van der Waals surface area contributed by atoms with Crippen LogP contribution >= 0.6 is 11.3 Å². The molecule has 3 nitrogen and oxygen atoms in total. The van der Waals surface area contributed by atoms with Crippen LogP contribution < -0.4 is 10.6 Å². The first kappa shape index (κ1) is 11.9. The van der Waals surface area contributed by atoms with Crippen LogP contribution in [-0.4, -0.2) is 18.1 Å². The van der Waals surface area contributed by atoms with E-state index in [-0.39, 0.29) is 6.04 Å². The minimum atomic E-state index is 0.103. The largest absolute Gasteiger partial charge is 0.348 e. The van der Waals surface area contributed by atoms with E-state index in [4.69, 9.17) is 5.73 Å². The number of nitrogens with two attached hydrogens (primary N) is 1. The third-order valence-corrected chi connectivity index (χ3v) is 4.67. The van der Waals surface area contributed by atoms with Crippen LogP contribution in [0.3, 0.4) is 0 Å². The lowest BCUT2D eigenvalue weighted by molar-refractivity contribution is 0.427. The number of thiazole rings is 1. The van der Waals surface area contributed by atoms with Crippen LogP contribution in [0.5, 0.6) is 0 Å². The molecule has 2 rings (SSSR count). The highest BCUT2D eigenvalue weighted by Crippen LogP contribution is 2.30. The second-order valence-electron chi connectivity index (χ2n) is 4.74. The zero-order valence-electron chi connectivity index (χ0n) is 10.1. The summed E-state index contributed by atoms with van der Waals surface area (Å²) in [5.41, 5.74) is 5.86. The smallest absolute Gasteiger partial charge is 0.185 e. The van der Waals surface area contributed by atoms with Gasteiger partial charge in [-0.05, 0) is 19.8 Å². The highest BCUT2D eigenvalue weighted by atomic mass is 32.1. The van der Waals surface area contributed by atoms with Gasteiger partial charge in [0.1, 0.15) is 0 Å². The zero-order chi connectivity index (χ0) is 11.5. The maximum absolute atomic E-state index is 5.86. The van der Waals surface area contributed by atoms with Gasteiger partial charge in [-0.2, -0.15) is 0 Å². The Kier molecular flexibility index (Phi) is 3.82. The summed E-state index contributed by atoms with van der Waals surface area (Å²) in [4.78, 5) is 8.00. The predicted octanol–water partition coefficient (Wildman–Crippen LogP) is 2.93. The lowest BCUT2D eigenvalue weighted by Gasteiger charge is -2.30. The minimum absolute atomic E-state index is 0.103. The predicted molar refractivity (Wildman–Crippen MR) is 70.0 cm³/mol. The zero-order valence-corrected chi connectivity index (χ0v) is 11.0. The minimum Gasteiger partial charge on any atom is -0.348 e. The van der Waals surface area contributed by atoms with Crippen molar-refractivity contribution in [3.8, 4) is 0 Å². The van der Waals surface area contributed by atoms with Crippen molar-refractivity contribution in [2.45, 2.75) is 51.1 Å². The van der Waals surface area contributed by atoms with Crippen molar-refractivity contribution in [2.75, 3.05) is 11.9 Å². The summed E-state index contributed by atoms with van der Waals surface area (Å²) in [6, 6.07) is 0.784. The molecule has 0 bridgehead atoms. The molecule has 0 saturated heterocycles. The molecule has 0 aliphatic heterocycles. The fraction of sp³-hybridized carbons (Fsp3) is 0.750. The second-order valence-corrected chi connectivity index (χ2v) is 5.78. The average molecular weight is 239 g/mol. The molecule has 0 spiro atoms. The van der Waals surface area contributed by atoms with E-state index in [9.17, 15) is 0 Å². The van der Waals surface area contributed by atoms with E-state index in [0.29, 0.717) is 6.04 Å². The van der Waals surface area contributed by atoms with Gasteiger partial charge in [0, 0.05) is 30.2 Å². The van der Waals surface area contributed by atoms with Crippen LogP contribution in [0.2, 0.25) is 0 Å². The molecule has 16 heavy (non-hydrogen) atoms. The van der Waals surface area contributed by atoms with Crippen LogP contribution in [0.25, 0.3) is 0 Å². The lowest BCUT2D eigenvalue weighted by atomic mass is 9.95. The van der Waals surface area contributed by atoms with Gasteiger partial charge in [-0.3, -0.25) is 0 Å². The summed E-state index contributed by atoms with van der Waals surface area (Å²) in [7, 11) is 2.17. The van der Waals surface area contributed by atoms with Gasteiger partial charge in [0.15, 0.2) is 5.13 Å². The van der Waals surface area contributed by atoms with Crippen molar-refractivity contribution in [2.24, 2.45) is 5.73 Å². The maximum atomic E-state index is 5.86. The molecule has 1 saturated carbocycles. The van der Waals surface area contributed by atoms with E-state index in [0.717, 1.165) is 5.13 Å². The number of rotatable bonds is 3. The van der Waals surface area contributed by atoms with Gasteiger partial charge >= 0.3 is 0 Å². The van der Waals surface area contributed by atoms with E-state index in [1.807, 2.05) is 13.1 Å². The Morgan fingerprint density at radius 3 is 2.69 bits per heavy atom. The molecule has 1 aliphatic rings. The number of hydrogen-bond acceptors (Lipinski definition) is 4. The van der Waals surface area contributed by atoms with Gasteiger partial charge in [0.25, 0.3) is 0 Å². The van der Waals surface area contributed by atoms with Gasteiger partial charge in [0.2, 0.25) is 0 Å². The van der Waals surface area contributed by atoms with Crippen LogP contribution in [0.4, 0.5) is 5.13 Å². The normalized spacial score (nSPS) is 19.7. The number of hydrogen-bond donors (Lipinski definition) is 1. The summed E-state index contributed by atoms with van der Waals surface area (Å²) >= 11 is 1.73. The van der Waals surface area contributed by atoms with Crippen LogP contribution in [0, 0.1) is 0 Å². The first-order chi connectivity index (χ1) is 7.68. The van der Waals surface area contributed by atoms with Gasteiger partial charge in [-0.25, -0.2) is 4.98 Å². The molecule has 0 amide bonds. The third kappa shape index (κ3) is 2.55. The first-order valence-electron chi connectivity index (χ1n) is 6.12. The lowest BCUT2D eigenvalue weighted by Crippen LogP contribution is -2.33. The number of nitrogens with zero attached hydrogens (tertiary/aromatic N) is 2.